The Labute approximate surface area is 179 Å². The van der Waals surface area contributed by atoms with Gasteiger partial charge in [-0.25, -0.2) is 0 Å². The lowest BCUT2D eigenvalue weighted by molar-refractivity contribution is -0.112. The van der Waals surface area contributed by atoms with Gasteiger partial charge in [0.15, 0.2) is 0 Å². The summed E-state index contributed by atoms with van der Waals surface area (Å²) in [4.78, 5) is 12.6. The molecule has 0 saturated heterocycles. The molecule has 4 nitrogen and oxygen atoms in total. The average molecular weight is 448 g/mol. The Kier molecular flexibility index (Phi) is 6.05. The number of nitriles is 1. The number of carbonyl (C=O) groups excluding carboxylic acids is 1. The standard InChI is InChI=1S/C24H22BrN3O/c1-15-6-5-7-23(17(15)3)28-16(2)12-19(18(28)4)13-20(14-26)24(29)27-22-10-8-21(25)9-11-22/h5-13H,1-4H3,(H,27,29)/b20-13-. The molecule has 2 aromatic carbocycles. The van der Waals surface area contributed by atoms with Gasteiger partial charge in [0.25, 0.3) is 5.91 Å². The lowest BCUT2D eigenvalue weighted by Gasteiger charge is -2.14. The number of amides is 1. The first-order valence-corrected chi connectivity index (χ1v) is 10.1. The minimum atomic E-state index is -0.425. The van der Waals surface area contributed by atoms with E-state index in [-0.39, 0.29) is 5.57 Å². The molecule has 146 valence electrons. The first-order chi connectivity index (χ1) is 13.8. The lowest BCUT2D eigenvalue weighted by atomic mass is 10.1. The fraction of sp³-hybridized carbons (Fsp3) is 0.167. The third-order valence-electron chi connectivity index (χ3n) is 5.05. The summed E-state index contributed by atoms with van der Waals surface area (Å²) in [5.41, 5.74) is 7.13. The topological polar surface area (TPSA) is 57.8 Å². The maximum Gasteiger partial charge on any atom is 0.266 e. The summed E-state index contributed by atoms with van der Waals surface area (Å²) >= 11 is 3.37. The first kappa shape index (κ1) is 20.6. The molecule has 29 heavy (non-hydrogen) atoms. The number of carbonyl (C=O) groups is 1. The number of anilines is 1. The van der Waals surface area contributed by atoms with E-state index in [4.69, 9.17) is 0 Å². The van der Waals surface area contributed by atoms with Gasteiger partial charge in [-0.2, -0.15) is 5.26 Å². The van der Waals surface area contributed by atoms with Crippen LogP contribution in [0, 0.1) is 39.0 Å². The Balaban J connectivity index is 1.96. The van der Waals surface area contributed by atoms with Crippen molar-refractivity contribution >= 4 is 33.6 Å². The highest BCUT2D eigenvalue weighted by Crippen LogP contribution is 2.26. The Hall–Kier alpha value is -3.10. The molecule has 0 aliphatic carbocycles. The zero-order chi connectivity index (χ0) is 21.1. The molecule has 0 bridgehead atoms. The van der Waals surface area contributed by atoms with Gasteiger partial charge in [0.2, 0.25) is 0 Å². The van der Waals surface area contributed by atoms with Crippen molar-refractivity contribution in [2.24, 2.45) is 0 Å². The number of aromatic nitrogens is 1. The first-order valence-electron chi connectivity index (χ1n) is 9.26. The summed E-state index contributed by atoms with van der Waals surface area (Å²) in [5, 5.41) is 12.3. The van der Waals surface area contributed by atoms with Crippen LogP contribution in [-0.2, 0) is 4.79 Å². The Morgan fingerprint density at radius 1 is 1.10 bits per heavy atom. The van der Waals surface area contributed by atoms with Crippen molar-refractivity contribution < 1.29 is 4.79 Å². The number of halogens is 1. The fourth-order valence-corrected chi connectivity index (χ4v) is 3.58. The quantitative estimate of drug-likeness (QED) is 0.392. The molecular formula is C24H22BrN3O. The van der Waals surface area contributed by atoms with Crippen molar-refractivity contribution in [1.29, 1.82) is 5.26 Å². The second-order valence-corrected chi connectivity index (χ2v) is 7.93. The number of rotatable bonds is 4. The number of hydrogen-bond acceptors (Lipinski definition) is 2. The zero-order valence-electron chi connectivity index (χ0n) is 16.9. The van der Waals surface area contributed by atoms with E-state index in [0.29, 0.717) is 5.69 Å². The highest BCUT2D eigenvalue weighted by Gasteiger charge is 2.15. The fourth-order valence-electron chi connectivity index (χ4n) is 3.32. The van der Waals surface area contributed by atoms with E-state index < -0.39 is 5.91 Å². The third-order valence-corrected chi connectivity index (χ3v) is 5.58. The molecule has 0 saturated carbocycles. The van der Waals surface area contributed by atoms with Crippen molar-refractivity contribution in [2.75, 3.05) is 5.32 Å². The molecule has 0 fully saturated rings. The highest BCUT2D eigenvalue weighted by molar-refractivity contribution is 9.10. The molecule has 0 radical (unpaired) electrons. The van der Waals surface area contributed by atoms with Crippen LogP contribution in [0.25, 0.3) is 11.8 Å². The Bertz CT molecular complexity index is 1150. The van der Waals surface area contributed by atoms with Crippen LogP contribution in [0.1, 0.15) is 28.1 Å². The molecular weight excluding hydrogens is 426 g/mol. The summed E-state index contributed by atoms with van der Waals surface area (Å²) in [6.45, 7) is 8.22. The van der Waals surface area contributed by atoms with E-state index in [1.54, 1.807) is 18.2 Å². The Morgan fingerprint density at radius 2 is 1.79 bits per heavy atom. The van der Waals surface area contributed by atoms with E-state index in [1.807, 2.05) is 44.2 Å². The van der Waals surface area contributed by atoms with Crippen LogP contribution >= 0.6 is 15.9 Å². The maximum atomic E-state index is 12.6. The minimum absolute atomic E-state index is 0.0640. The van der Waals surface area contributed by atoms with Gasteiger partial charge in [-0.1, -0.05) is 28.1 Å². The van der Waals surface area contributed by atoms with Crippen molar-refractivity contribution in [3.63, 3.8) is 0 Å². The molecule has 1 aromatic heterocycles. The molecule has 0 unspecified atom stereocenters. The predicted molar refractivity (Wildman–Crippen MR) is 121 cm³/mol. The van der Waals surface area contributed by atoms with Crippen LogP contribution in [0.4, 0.5) is 5.69 Å². The summed E-state index contributed by atoms with van der Waals surface area (Å²) in [5.74, 6) is -0.425. The van der Waals surface area contributed by atoms with Gasteiger partial charge < -0.3 is 9.88 Å². The number of hydrogen-bond donors (Lipinski definition) is 1. The van der Waals surface area contributed by atoms with Crippen LogP contribution in [0.5, 0.6) is 0 Å². The lowest BCUT2D eigenvalue weighted by Crippen LogP contribution is -2.13. The van der Waals surface area contributed by atoms with Gasteiger partial charge in [-0.15, -0.1) is 0 Å². The molecule has 0 aliphatic heterocycles. The maximum absolute atomic E-state index is 12.6. The van der Waals surface area contributed by atoms with Crippen LogP contribution in [-0.4, -0.2) is 10.5 Å². The van der Waals surface area contributed by atoms with Gasteiger partial charge in [-0.05, 0) is 86.9 Å². The van der Waals surface area contributed by atoms with Crippen LogP contribution in [0.3, 0.4) is 0 Å². The summed E-state index contributed by atoms with van der Waals surface area (Å²) in [6.07, 6.45) is 1.65. The molecule has 3 aromatic rings. The number of nitrogens with zero attached hydrogens (tertiary/aromatic N) is 2. The SMILES string of the molecule is Cc1cccc(-n2c(C)cc(/C=C(/C#N)C(=O)Nc3ccc(Br)cc3)c2C)c1C. The van der Waals surface area contributed by atoms with E-state index in [0.717, 1.165) is 27.1 Å². The van der Waals surface area contributed by atoms with Crippen molar-refractivity contribution in [2.45, 2.75) is 27.7 Å². The summed E-state index contributed by atoms with van der Waals surface area (Å²) < 4.78 is 3.08. The normalized spacial score (nSPS) is 11.2. The van der Waals surface area contributed by atoms with Gasteiger partial charge in [0.1, 0.15) is 11.6 Å². The number of aryl methyl sites for hydroxylation is 2. The van der Waals surface area contributed by atoms with E-state index in [9.17, 15) is 10.1 Å². The van der Waals surface area contributed by atoms with E-state index >= 15 is 0 Å². The number of benzene rings is 2. The van der Waals surface area contributed by atoms with Crippen LogP contribution in [0.2, 0.25) is 0 Å². The van der Waals surface area contributed by atoms with Gasteiger partial charge >= 0.3 is 0 Å². The molecule has 3 rings (SSSR count). The second-order valence-electron chi connectivity index (χ2n) is 7.01. The molecule has 1 N–H and O–H groups in total. The molecule has 1 heterocycles. The average Bonchev–Trinajstić information content (AvgIpc) is 2.97. The molecule has 0 atom stereocenters. The van der Waals surface area contributed by atoms with Gasteiger partial charge in [-0.3, -0.25) is 4.79 Å². The van der Waals surface area contributed by atoms with Crippen molar-refractivity contribution in [1.82, 2.24) is 4.57 Å². The molecule has 0 spiro atoms. The smallest absolute Gasteiger partial charge is 0.266 e. The van der Waals surface area contributed by atoms with E-state index in [2.05, 4.69) is 51.8 Å². The molecule has 5 heteroatoms. The predicted octanol–water partition coefficient (Wildman–Crippen LogP) is 6.02. The van der Waals surface area contributed by atoms with E-state index in [1.165, 1.54) is 11.1 Å². The monoisotopic (exact) mass is 447 g/mol. The Morgan fingerprint density at radius 3 is 2.45 bits per heavy atom. The van der Waals surface area contributed by atoms with Crippen molar-refractivity contribution in [3.05, 3.63) is 86.7 Å². The second kappa shape index (κ2) is 8.50. The highest BCUT2D eigenvalue weighted by atomic mass is 79.9. The zero-order valence-corrected chi connectivity index (χ0v) is 18.5. The minimum Gasteiger partial charge on any atom is -0.321 e. The third kappa shape index (κ3) is 4.33. The number of nitrogens with one attached hydrogen (secondary N) is 1. The summed E-state index contributed by atoms with van der Waals surface area (Å²) in [6, 6.07) is 17.5. The van der Waals surface area contributed by atoms with Gasteiger partial charge in [0, 0.05) is 27.2 Å². The largest absolute Gasteiger partial charge is 0.321 e. The van der Waals surface area contributed by atoms with Gasteiger partial charge in [0.05, 0.1) is 0 Å². The summed E-state index contributed by atoms with van der Waals surface area (Å²) in [7, 11) is 0. The van der Waals surface area contributed by atoms with Crippen molar-refractivity contribution in [3.8, 4) is 11.8 Å². The van der Waals surface area contributed by atoms with Crippen LogP contribution < -0.4 is 5.32 Å². The molecule has 0 aliphatic rings. The van der Waals surface area contributed by atoms with Crippen LogP contribution in [0.15, 0.2) is 58.6 Å². The molecule has 1 amide bonds.